The lowest BCUT2D eigenvalue weighted by Crippen LogP contribution is -2.08. The van der Waals surface area contributed by atoms with Crippen molar-refractivity contribution in [1.29, 1.82) is 0 Å². The third-order valence-electron chi connectivity index (χ3n) is 3.01. The fourth-order valence-corrected chi connectivity index (χ4v) is 2.72. The van der Waals surface area contributed by atoms with Crippen LogP contribution in [0.15, 0.2) is 46.9 Å². The number of ether oxygens (including phenoxy) is 1. The molecule has 0 saturated heterocycles. The van der Waals surface area contributed by atoms with Gasteiger partial charge in [0.15, 0.2) is 0 Å². The molecule has 112 valence electrons. The van der Waals surface area contributed by atoms with E-state index in [0.717, 1.165) is 21.3 Å². The molecule has 0 saturated carbocycles. The van der Waals surface area contributed by atoms with Crippen LogP contribution < -0.4 is 10.1 Å². The average Bonchev–Trinajstić information content (AvgIpc) is 2.36. The summed E-state index contributed by atoms with van der Waals surface area (Å²) in [7, 11) is 0. The van der Waals surface area contributed by atoms with Gasteiger partial charge in [-0.15, -0.1) is 0 Å². The Morgan fingerprint density at radius 1 is 1.14 bits per heavy atom. The van der Waals surface area contributed by atoms with Crippen molar-refractivity contribution < 1.29 is 13.5 Å². The van der Waals surface area contributed by atoms with Gasteiger partial charge in [0.25, 0.3) is 0 Å². The van der Waals surface area contributed by atoms with E-state index in [2.05, 4.69) is 26.0 Å². The quantitative estimate of drug-likeness (QED) is 0.760. The third kappa shape index (κ3) is 4.70. The molecule has 2 rings (SSSR count). The van der Waals surface area contributed by atoms with Crippen molar-refractivity contribution in [3.63, 3.8) is 0 Å². The summed E-state index contributed by atoms with van der Waals surface area (Å²) in [5, 5.41) is 3.35. The minimum atomic E-state index is -2.81. The van der Waals surface area contributed by atoms with Gasteiger partial charge in [-0.3, -0.25) is 0 Å². The Hall–Kier alpha value is -1.62. The number of hydrogen-bond donors (Lipinski definition) is 1. The van der Waals surface area contributed by atoms with Crippen LogP contribution in [0, 0.1) is 6.92 Å². The topological polar surface area (TPSA) is 21.3 Å². The molecular weight excluding hydrogens is 340 g/mol. The first-order valence-corrected chi connectivity index (χ1v) is 7.32. The van der Waals surface area contributed by atoms with Gasteiger partial charge >= 0.3 is 6.61 Å². The Labute approximate surface area is 131 Å². The predicted molar refractivity (Wildman–Crippen MR) is 84.0 cm³/mol. The molecule has 5 heteroatoms. The molecule has 0 aliphatic carbocycles. The normalized spacial score (nSPS) is 12.3. The van der Waals surface area contributed by atoms with E-state index in [9.17, 15) is 8.78 Å². The lowest BCUT2D eigenvalue weighted by Gasteiger charge is -2.17. The number of halogens is 3. The number of alkyl halides is 2. The maximum Gasteiger partial charge on any atom is 0.387 e. The fraction of sp³-hybridized carbons (Fsp3) is 0.250. The standard InChI is InChI=1S/C16H16BrF2NO/c1-10-6-13(17)9-14(7-10)20-11(2)12-4-3-5-15(8-12)21-16(18)19/h3-9,11,16,20H,1-2H3. The molecule has 1 N–H and O–H groups in total. The summed E-state index contributed by atoms with van der Waals surface area (Å²) < 4.78 is 29.9. The van der Waals surface area contributed by atoms with Crippen LogP contribution in [-0.2, 0) is 0 Å². The van der Waals surface area contributed by atoms with Crippen molar-refractivity contribution in [3.8, 4) is 5.75 Å². The van der Waals surface area contributed by atoms with Crippen LogP contribution >= 0.6 is 15.9 Å². The largest absolute Gasteiger partial charge is 0.435 e. The van der Waals surface area contributed by atoms with Crippen LogP contribution in [0.3, 0.4) is 0 Å². The number of rotatable bonds is 5. The highest BCUT2D eigenvalue weighted by atomic mass is 79.9. The van der Waals surface area contributed by atoms with Gasteiger partial charge < -0.3 is 10.1 Å². The molecule has 21 heavy (non-hydrogen) atoms. The number of aryl methyl sites for hydroxylation is 1. The molecule has 0 radical (unpaired) electrons. The second-order valence-electron chi connectivity index (χ2n) is 4.83. The summed E-state index contributed by atoms with van der Waals surface area (Å²) in [6.45, 7) is 1.17. The summed E-state index contributed by atoms with van der Waals surface area (Å²) >= 11 is 3.45. The van der Waals surface area contributed by atoms with E-state index >= 15 is 0 Å². The van der Waals surface area contributed by atoms with Crippen molar-refractivity contribution in [2.45, 2.75) is 26.5 Å². The van der Waals surface area contributed by atoms with Crippen LogP contribution in [0.5, 0.6) is 5.75 Å². The zero-order valence-electron chi connectivity index (χ0n) is 11.7. The highest BCUT2D eigenvalue weighted by Gasteiger charge is 2.09. The Bertz CT molecular complexity index is 599. The van der Waals surface area contributed by atoms with Crippen molar-refractivity contribution in [2.24, 2.45) is 0 Å². The average molecular weight is 356 g/mol. The molecule has 2 aromatic rings. The number of hydrogen-bond acceptors (Lipinski definition) is 2. The van der Waals surface area contributed by atoms with Crippen LogP contribution in [0.2, 0.25) is 0 Å². The zero-order chi connectivity index (χ0) is 15.4. The molecule has 1 unspecified atom stereocenters. The Morgan fingerprint density at radius 3 is 2.57 bits per heavy atom. The van der Waals surface area contributed by atoms with Gasteiger partial charge in [-0.05, 0) is 55.3 Å². The monoisotopic (exact) mass is 355 g/mol. The van der Waals surface area contributed by atoms with Gasteiger partial charge in [0, 0.05) is 16.2 Å². The van der Waals surface area contributed by atoms with Crippen LogP contribution in [0.4, 0.5) is 14.5 Å². The summed E-state index contributed by atoms with van der Waals surface area (Å²) in [4.78, 5) is 0. The molecule has 2 nitrogen and oxygen atoms in total. The molecule has 1 atom stereocenters. The van der Waals surface area contributed by atoms with E-state index in [4.69, 9.17) is 0 Å². The Balaban J connectivity index is 2.14. The molecule has 0 aliphatic rings. The number of benzene rings is 2. The summed E-state index contributed by atoms with van der Waals surface area (Å²) in [6.07, 6.45) is 0. The van der Waals surface area contributed by atoms with Crippen LogP contribution in [0.25, 0.3) is 0 Å². The van der Waals surface area contributed by atoms with Crippen LogP contribution in [-0.4, -0.2) is 6.61 Å². The van der Waals surface area contributed by atoms with Gasteiger partial charge in [0.1, 0.15) is 5.75 Å². The van der Waals surface area contributed by atoms with Crippen molar-refractivity contribution in [2.75, 3.05) is 5.32 Å². The zero-order valence-corrected chi connectivity index (χ0v) is 13.3. The van der Waals surface area contributed by atoms with Gasteiger partial charge in [-0.25, -0.2) is 0 Å². The Kier molecular flexibility index (Phi) is 5.17. The second kappa shape index (κ2) is 6.89. The molecule has 0 aromatic heterocycles. The van der Waals surface area contributed by atoms with E-state index in [1.807, 2.05) is 38.1 Å². The molecular formula is C16H16BrF2NO. The third-order valence-corrected chi connectivity index (χ3v) is 3.47. The molecule has 2 aromatic carbocycles. The highest BCUT2D eigenvalue weighted by Crippen LogP contribution is 2.26. The molecule has 0 aliphatic heterocycles. The highest BCUT2D eigenvalue weighted by molar-refractivity contribution is 9.10. The van der Waals surface area contributed by atoms with Crippen molar-refractivity contribution in [1.82, 2.24) is 0 Å². The van der Waals surface area contributed by atoms with Crippen molar-refractivity contribution in [3.05, 3.63) is 58.1 Å². The Morgan fingerprint density at radius 2 is 1.90 bits per heavy atom. The van der Waals surface area contributed by atoms with E-state index in [0.29, 0.717) is 0 Å². The van der Waals surface area contributed by atoms with Crippen molar-refractivity contribution >= 4 is 21.6 Å². The summed E-state index contributed by atoms with van der Waals surface area (Å²) in [5.74, 6) is 0.168. The summed E-state index contributed by atoms with van der Waals surface area (Å²) in [6, 6.07) is 12.7. The maximum atomic E-state index is 12.2. The number of nitrogens with one attached hydrogen (secondary N) is 1. The van der Waals surface area contributed by atoms with E-state index in [1.54, 1.807) is 12.1 Å². The predicted octanol–water partition coefficient (Wildman–Crippen LogP) is 5.53. The maximum absolute atomic E-state index is 12.2. The van der Waals surface area contributed by atoms with E-state index < -0.39 is 6.61 Å². The first-order valence-electron chi connectivity index (χ1n) is 6.52. The number of anilines is 1. The lowest BCUT2D eigenvalue weighted by molar-refractivity contribution is -0.0498. The van der Waals surface area contributed by atoms with Crippen LogP contribution in [0.1, 0.15) is 24.1 Å². The van der Waals surface area contributed by atoms with Gasteiger partial charge in [-0.2, -0.15) is 8.78 Å². The molecule has 0 amide bonds. The minimum absolute atomic E-state index is 0.0278. The molecule has 0 fully saturated rings. The summed E-state index contributed by atoms with van der Waals surface area (Å²) in [5.41, 5.74) is 2.98. The van der Waals surface area contributed by atoms with E-state index in [1.165, 1.54) is 6.07 Å². The molecule has 0 bridgehead atoms. The smallest absolute Gasteiger partial charge is 0.387 e. The van der Waals surface area contributed by atoms with Gasteiger partial charge in [0.2, 0.25) is 0 Å². The first-order chi connectivity index (χ1) is 9.94. The van der Waals surface area contributed by atoms with Gasteiger partial charge in [0.05, 0.1) is 0 Å². The molecule has 0 heterocycles. The minimum Gasteiger partial charge on any atom is -0.435 e. The fourth-order valence-electron chi connectivity index (χ4n) is 2.11. The molecule has 0 spiro atoms. The first kappa shape index (κ1) is 15.8. The lowest BCUT2D eigenvalue weighted by atomic mass is 10.1. The second-order valence-corrected chi connectivity index (χ2v) is 5.75. The van der Waals surface area contributed by atoms with E-state index in [-0.39, 0.29) is 11.8 Å². The SMILES string of the molecule is Cc1cc(Br)cc(NC(C)c2cccc(OC(F)F)c2)c1. The van der Waals surface area contributed by atoms with Gasteiger partial charge in [-0.1, -0.05) is 28.1 Å².